The Labute approximate surface area is 167 Å². The molecule has 29 heavy (non-hydrogen) atoms. The topological polar surface area (TPSA) is 104 Å². The van der Waals surface area contributed by atoms with E-state index < -0.39 is 40.1 Å². The number of amides is 2. The molecule has 3 N–H and O–H groups in total. The predicted octanol–water partition coefficient (Wildman–Crippen LogP) is 2.55. The Morgan fingerprint density at radius 3 is 2.31 bits per heavy atom. The van der Waals surface area contributed by atoms with Crippen LogP contribution >= 0.6 is 0 Å². The van der Waals surface area contributed by atoms with Crippen LogP contribution in [0.15, 0.2) is 29.2 Å². The molecule has 0 spiro atoms. The van der Waals surface area contributed by atoms with Crippen LogP contribution in [0.5, 0.6) is 0 Å². The molecule has 0 saturated heterocycles. The Hall–Kier alpha value is -2.14. The van der Waals surface area contributed by atoms with Crippen LogP contribution in [-0.2, 0) is 19.6 Å². The van der Waals surface area contributed by atoms with Gasteiger partial charge in [-0.15, -0.1) is 0 Å². The fraction of sp³-hybridized carbons (Fsp3) is 0.556. The minimum absolute atomic E-state index is 0.0343. The summed E-state index contributed by atoms with van der Waals surface area (Å²) in [6.07, 6.45) is -3.72. The molecule has 1 aromatic carbocycles. The highest BCUT2D eigenvalue weighted by molar-refractivity contribution is 7.89. The number of alkyl halides is 3. The van der Waals surface area contributed by atoms with Crippen molar-refractivity contribution in [1.82, 2.24) is 10.0 Å². The summed E-state index contributed by atoms with van der Waals surface area (Å²) in [6, 6.07) is 3.54. The third kappa shape index (κ3) is 6.70. The fourth-order valence-electron chi connectivity index (χ4n) is 3.22. The molecule has 0 aromatic heterocycles. The van der Waals surface area contributed by atoms with E-state index in [0.717, 1.165) is 0 Å². The lowest BCUT2D eigenvalue weighted by Crippen LogP contribution is -2.49. The molecule has 1 aliphatic carbocycles. The summed E-state index contributed by atoms with van der Waals surface area (Å²) in [6.45, 7) is 2.64. The van der Waals surface area contributed by atoms with E-state index in [0.29, 0.717) is 18.5 Å². The van der Waals surface area contributed by atoms with Gasteiger partial charge < -0.3 is 10.6 Å². The third-order valence-electron chi connectivity index (χ3n) is 4.69. The molecule has 11 heteroatoms. The molecule has 162 valence electrons. The summed E-state index contributed by atoms with van der Waals surface area (Å²) >= 11 is 0. The van der Waals surface area contributed by atoms with E-state index in [1.807, 2.05) is 0 Å². The number of anilines is 1. The molecule has 2 unspecified atom stereocenters. The average Bonchev–Trinajstić information content (AvgIpc) is 2.60. The number of hydrogen-bond donors (Lipinski definition) is 3. The molecule has 0 aliphatic heterocycles. The van der Waals surface area contributed by atoms with Crippen molar-refractivity contribution < 1.29 is 31.2 Å². The second kappa shape index (κ2) is 9.12. The lowest BCUT2D eigenvalue weighted by Gasteiger charge is -2.31. The van der Waals surface area contributed by atoms with Crippen LogP contribution in [0, 0.1) is 5.92 Å². The number of carbonyl (C=O) groups excluding carboxylic acids is 2. The van der Waals surface area contributed by atoms with Gasteiger partial charge in [-0.3, -0.25) is 9.59 Å². The van der Waals surface area contributed by atoms with Gasteiger partial charge in [-0.2, -0.15) is 17.9 Å². The molecule has 2 rings (SSSR count). The Kier molecular flexibility index (Phi) is 7.28. The largest absolute Gasteiger partial charge is 0.391 e. The van der Waals surface area contributed by atoms with Gasteiger partial charge in [0, 0.05) is 18.7 Å². The maximum Gasteiger partial charge on any atom is 0.391 e. The lowest BCUT2D eigenvalue weighted by atomic mass is 9.85. The second-order valence-electron chi connectivity index (χ2n) is 7.16. The van der Waals surface area contributed by atoms with E-state index in [9.17, 15) is 31.2 Å². The number of sulfonamides is 1. The summed E-state index contributed by atoms with van der Waals surface area (Å²) in [7, 11) is -4.03. The summed E-state index contributed by atoms with van der Waals surface area (Å²) in [5.74, 6) is -2.45. The van der Waals surface area contributed by atoms with Crippen LogP contribution < -0.4 is 15.4 Å². The molecular weight excluding hydrogens is 411 g/mol. The molecule has 2 amide bonds. The Balaban J connectivity index is 1.96. The van der Waals surface area contributed by atoms with Crippen LogP contribution in [0.1, 0.15) is 39.5 Å². The summed E-state index contributed by atoms with van der Waals surface area (Å²) in [5, 5.41) is 5.02. The van der Waals surface area contributed by atoms with Crippen molar-refractivity contribution in [3.63, 3.8) is 0 Å². The lowest BCUT2D eigenvalue weighted by molar-refractivity contribution is -0.184. The van der Waals surface area contributed by atoms with Gasteiger partial charge in [0.15, 0.2) is 0 Å². The van der Waals surface area contributed by atoms with Gasteiger partial charge in [0.25, 0.3) is 0 Å². The minimum Gasteiger partial charge on any atom is -0.352 e. The first-order chi connectivity index (χ1) is 13.4. The Morgan fingerprint density at radius 2 is 1.76 bits per heavy atom. The van der Waals surface area contributed by atoms with Crippen molar-refractivity contribution in [3.05, 3.63) is 24.3 Å². The van der Waals surface area contributed by atoms with E-state index in [2.05, 4.69) is 15.4 Å². The van der Waals surface area contributed by atoms with Crippen LogP contribution in [-0.4, -0.2) is 38.5 Å². The zero-order valence-electron chi connectivity index (χ0n) is 16.0. The number of halogens is 3. The monoisotopic (exact) mass is 435 g/mol. The molecule has 0 heterocycles. The molecule has 1 aromatic rings. The average molecular weight is 435 g/mol. The van der Waals surface area contributed by atoms with E-state index in [-0.39, 0.29) is 23.6 Å². The Morgan fingerprint density at radius 1 is 1.14 bits per heavy atom. The minimum atomic E-state index is -4.31. The molecule has 3 atom stereocenters. The van der Waals surface area contributed by atoms with Crippen molar-refractivity contribution >= 4 is 27.5 Å². The highest BCUT2D eigenvalue weighted by atomic mass is 32.2. The maximum atomic E-state index is 12.9. The second-order valence-corrected chi connectivity index (χ2v) is 8.87. The quantitative estimate of drug-likeness (QED) is 0.639. The number of carbonyl (C=O) groups is 2. The molecule has 0 radical (unpaired) electrons. The number of benzene rings is 1. The van der Waals surface area contributed by atoms with Gasteiger partial charge in [0.1, 0.15) is 0 Å². The highest BCUT2D eigenvalue weighted by Gasteiger charge is 2.42. The van der Waals surface area contributed by atoms with Gasteiger partial charge in [0.2, 0.25) is 21.8 Å². The standard InChI is InChI=1S/C18H24F3N3O4S/c1-11(17(26)23-15-5-3-4-13(10-15)18(19,20)21)24-29(27,28)16-8-6-14(7-9-16)22-12(2)25/h6-9,11,13,15,24H,3-5,10H2,1-2H3,(H,22,25)(H,23,26)/t11-,13?,15?/m0/s1. The molecule has 1 saturated carbocycles. The molecular formula is C18H24F3N3O4S. The van der Waals surface area contributed by atoms with E-state index in [1.165, 1.54) is 38.1 Å². The van der Waals surface area contributed by atoms with E-state index >= 15 is 0 Å². The molecule has 7 nitrogen and oxygen atoms in total. The number of hydrogen-bond acceptors (Lipinski definition) is 4. The molecule has 0 bridgehead atoms. The maximum absolute atomic E-state index is 12.9. The molecule has 1 aliphatic rings. The predicted molar refractivity (Wildman–Crippen MR) is 100 cm³/mol. The summed E-state index contributed by atoms with van der Waals surface area (Å²) < 4.78 is 65.7. The van der Waals surface area contributed by atoms with Gasteiger partial charge in [-0.1, -0.05) is 6.42 Å². The van der Waals surface area contributed by atoms with E-state index in [4.69, 9.17) is 0 Å². The van der Waals surface area contributed by atoms with Crippen molar-refractivity contribution in [3.8, 4) is 0 Å². The summed E-state index contributed by atoms with van der Waals surface area (Å²) in [5.41, 5.74) is 0.416. The van der Waals surface area contributed by atoms with Crippen molar-refractivity contribution in [2.24, 2.45) is 5.92 Å². The molecule has 1 fully saturated rings. The summed E-state index contributed by atoms with van der Waals surface area (Å²) in [4.78, 5) is 23.2. The fourth-order valence-corrected chi connectivity index (χ4v) is 4.42. The van der Waals surface area contributed by atoms with Crippen molar-refractivity contribution in [2.45, 2.75) is 62.7 Å². The zero-order chi connectivity index (χ0) is 21.8. The zero-order valence-corrected chi connectivity index (χ0v) is 16.9. The van der Waals surface area contributed by atoms with Gasteiger partial charge >= 0.3 is 6.18 Å². The first-order valence-corrected chi connectivity index (χ1v) is 10.6. The van der Waals surface area contributed by atoms with E-state index in [1.54, 1.807) is 0 Å². The van der Waals surface area contributed by atoms with Crippen LogP contribution in [0.3, 0.4) is 0 Å². The van der Waals surface area contributed by atoms with Gasteiger partial charge in [-0.25, -0.2) is 8.42 Å². The first-order valence-electron chi connectivity index (χ1n) is 9.15. The Bertz CT molecular complexity index is 841. The first kappa shape index (κ1) is 23.1. The number of nitrogens with one attached hydrogen (secondary N) is 3. The van der Waals surface area contributed by atoms with Crippen LogP contribution in [0.25, 0.3) is 0 Å². The normalized spacial score (nSPS) is 21.3. The smallest absolute Gasteiger partial charge is 0.352 e. The van der Waals surface area contributed by atoms with Gasteiger partial charge in [0.05, 0.1) is 16.9 Å². The van der Waals surface area contributed by atoms with Crippen molar-refractivity contribution in [1.29, 1.82) is 0 Å². The third-order valence-corrected chi connectivity index (χ3v) is 6.25. The van der Waals surface area contributed by atoms with Crippen LogP contribution in [0.4, 0.5) is 18.9 Å². The highest BCUT2D eigenvalue weighted by Crippen LogP contribution is 2.37. The SMILES string of the molecule is CC(=O)Nc1ccc(S(=O)(=O)N[C@@H](C)C(=O)NC2CCCC(C(F)(F)F)C2)cc1. The number of rotatable bonds is 6. The van der Waals surface area contributed by atoms with Crippen molar-refractivity contribution in [2.75, 3.05) is 5.32 Å². The van der Waals surface area contributed by atoms with Gasteiger partial charge in [-0.05, 0) is 50.5 Å². The van der Waals surface area contributed by atoms with Crippen LogP contribution in [0.2, 0.25) is 0 Å².